The van der Waals surface area contributed by atoms with Gasteiger partial charge in [0.2, 0.25) is 0 Å². The highest BCUT2D eigenvalue weighted by atomic mass is 127. The molecule has 0 unspecified atom stereocenters. The Kier molecular flexibility index (Phi) is 3.45. The number of hydrogen-bond donors (Lipinski definition) is 0. The van der Waals surface area contributed by atoms with E-state index in [0.717, 1.165) is 13.0 Å². The number of halogens is 1. The van der Waals surface area contributed by atoms with Crippen LogP contribution in [0.15, 0.2) is 11.3 Å². The molecule has 0 saturated heterocycles. The maximum absolute atomic E-state index is 5.47. The molecule has 2 heteroatoms. The van der Waals surface area contributed by atoms with E-state index in [2.05, 4.69) is 45.7 Å². The Morgan fingerprint density at radius 2 is 2.42 bits per heavy atom. The highest BCUT2D eigenvalue weighted by molar-refractivity contribution is 14.1. The van der Waals surface area contributed by atoms with Crippen molar-refractivity contribution in [3.63, 3.8) is 0 Å². The van der Waals surface area contributed by atoms with Crippen molar-refractivity contribution in [3.05, 3.63) is 11.3 Å². The van der Waals surface area contributed by atoms with Crippen LogP contribution < -0.4 is 0 Å². The second-order valence-corrected chi connectivity index (χ2v) is 4.37. The number of hydrogen-bond acceptors (Lipinski definition) is 1. The number of terminal acetylenes is 1. The van der Waals surface area contributed by atoms with Crippen molar-refractivity contribution < 1.29 is 0 Å². The normalized spacial score (nSPS) is 23.2. The molecule has 0 saturated carbocycles. The zero-order valence-corrected chi connectivity index (χ0v) is 9.76. The van der Waals surface area contributed by atoms with Crippen molar-refractivity contribution in [3.8, 4) is 12.3 Å². The fourth-order valence-corrected chi connectivity index (χ4v) is 2.67. The summed E-state index contributed by atoms with van der Waals surface area (Å²) < 4.78 is 2.26. The summed E-state index contributed by atoms with van der Waals surface area (Å²) in [5, 5.41) is 0. The molecule has 0 amide bonds. The molecule has 0 fully saturated rings. The van der Waals surface area contributed by atoms with Gasteiger partial charge in [-0.15, -0.1) is 6.42 Å². The van der Waals surface area contributed by atoms with Crippen LogP contribution in [-0.4, -0.2) is 9.66 Å². The van der Waals surface area contributed by atoms with E-state index < -0.39 is 0 Å². The molecule has 1 heterocycles. The molecule has 1 aliphatic rings. The molecule has 0 aromatic heterocycles. The van der Waals surface area contributed by atoms with Crippen LogP contribution in [0.25, 0.3) is 0 Å². The topological polar surface area (TPSA) is 3.24 Å². The third-order valence-electron chi connectivity index (χ3n) is 2.17. The van der Waals surface area contributed by atoms with Crippen LogP contribution in [0.2, 0.25) is 0 Å². The minimum Gasteiger partial charge on any atom is -0.317 e. The van der Waals surface area contributed by atoms with Crippen molar-refractivity contribution in [2.24, 2.45) is 5.92 Å². The van der Waals surface area contributed by atoms with Gasteiger partial charge in [-0.05, 0) is 6.42 Å². The predicted molar refractivity (Wildman–Crippen MR) is 60.7 cm³/mol. The van der Waals surface area contributed by atoms with Crippen LogP contribution in [-0.2, 0) is 0 Å². The maximum atomic E-state index is 5.47. The van der Waals surface area contributed by atoms with E-state index in [1.54, 1.807) is 0 Å². The molecule has 0 spiro atoms. The lowest BCUT2D eigenvalue weighted by Gasteiger charge is -2.12. The maximum Gasteiger partial charge on any atom is 0.0589 e. The Labute approximate surface area is 88.7 Å². The highest BCUT2D eigenvalue weighted by Crippen LogP contribution is 2.32. The first kappa shape index (κ1) is 9.91. The van der Waals surface area contributed by atoms with Crippen molar-refractivity contribution >= 4 is 22.9 Å². The lowest BCUT2D eigenvalue weighted by atomic mass is 10.0. The van der Waals surface area contributed by atoms with E-state index in [-0.39, 0.29) is 0 Å². The molecule has 0 N–H and O–H groups in total. The van der Waals surface area contributed by atoms with Gasteiger partial charge in [-0.1, -0.05) is 26.2 Å². The molecule has 12 heavy (non-hydrogen) atoms. The Hall–Kier alpha value is -0.170. The molecular weight excluding hydrogens is 261 g/mol. The van der Waals surface area contributed by atoms with Gasteiger partial charge in [0, 0.05) is 23.7 Å². The summed E-state index contributed by atoms with van der Waals surface area (Å²) in [5.41, 5.74) is 2.58. The van der Waals surface area contributed by atoms with E-state index in [1.165, 1.54) is 17.7 Å². The largest absolute Gasteiger partial charge is 0.317 e. The quantitative estimate of drug-likeness (QED) is 0.425. The average molecular weight is 275 g/mol. The van der Waals surface area contributed by atoms with Gasteiger partial charge in [0.15, 0.2) is 0 Å². The molecule has 1 atom stereocenters. The summed E-state index contributed by atoms with van der Waals surface area (Å²) in [4.78, 5) is 0. The average Bonchev–Trinajstić information content (AvgIpc) is 2.28. The second-order valence-electron chi connectivity index (χ2n) is 3.20. The van der Waals surface area contributed by atoms with E-state index >= 15 is 0 Å². The number of nitrogens with zero attached hydrogens (tertiary/aromatic N) is 1. The first-order valence-electron chi connectivity index (χ1n) is 4.33. The van der Waals surface area contributed by atoms with E-state index in [0.29, 0.717) is 5.92 Å². The summed E-state index contributed by atoms with van der Waals surface area (Å²) in [6.45, 7) is 5.47. The SMILES string of the molecule is C#CC1=C(CCC)N(I)C[C@H]1C. The monoisotopic (exact) mass is 275 g/mol. The van der Waals surface area contributed by atoms with Gasteiger partial charge < -0.3 is 3.11 Å². The Morgan fingerprint density at radius 3 is 2.92 bits per heavy atom. The molecule has 1 nitrogen and oxygen atoms in total. The first-order valence-corrected chi connectivity index (χ1v) is 5.30. The van der Waals surface area contributed by atoms with Crippen LogP contribution >= 0.6 is 22.9 Å². The molecule has 1 aliphatic heterocycles. The van der Waals surface area contributed by atoms with Crippen LogP contribution in [0.5, 0.6) is 0 Å². The molecular formula is C10H14IN. The van der Waals surface area contributed by atoms with Crippen molar-refractivity contribution in [2.75, 3.05) is 6.54 Å². The summed E-state index contributed by atoms with van der Waals surface area (Å²) in [6, 6.07) is 0. The summed E-state index contributed by atoms with van der Waals surface area (Å²) >= 11 is 2.35. The van der Waals surface area contributed by atoms with E-state index in [9.17, 15) is 0 Å². The Bertz CT molecular complexity index is 237. The van der Waals surface area contributed by atoms with E-state index in [4.69, 9.17) is 6.42 Å². The second kappa shape index (κ2) is 4.18. The number of rotatable bonds is 2. The van der Waals surface area contributed by atoms with Gasteiger partial charge in [-0.25, -0.2) is 0 Å². The molecule has 0 aliphatic carbocycles. The molecule has 0 radical (unpaired) electrons. The fraction of sp³-hybridized carbons (Fsp3) is 0.600. The van der Waals surface area contributed by atoms with Crippen molar-refractivity contribution in [1.82, 2.24) is 3.11 Å². The van der Waals surface area contributed by atoms with Crippen LogP contribution in [0, 0.1) is 18.3 Å². The Balaban J connectivity index is 2.87. The summed E-state index contributed by atoms with van der Waals surface area (Å²) in [6.07, 6.45) is 7.76. The third kappa shape index (κ3) is 1.77. The minimum atomic E-state index is 0.549. The molecule has 0 aromatic rings. The fourth-order valence-electron chi connectivity index (χ4n) is 1.58. The standard InChI is InChI=1S/C10H14IN/c1-4-6-10-9(5-2)8(3)7-12(10)11/h2,8H,4,6-7H2,1,3H3/t8-/m1/s1. The number of allylic oxidation sites excluding steroid dienone is 1. The zero-order valence-electron chi connectivity index (χ0n) is 7.60. The Morgan fingerprint density at radius 1 is 1.75 bits per heavy atom. The van der Waals surface area contributed by atoms with Gasteiger partial charge in [0.1, 0.15) is 0 Å². The molecule has 0 aromatic carbocycles. The molecule has 0 bridgehead atoms. The lowest BCUT2D eigenvalue weighted by Crippen LogP contribution is -2.07. The van der Waals surface area contributed by atoms with Crippen molar-refractivity contribution in [2.45, 2.75) is 26.7 Å². The zero-order chi connectivity index (χ0) is 9.14. The van der Waals surface area contributed by atoms with Crippen LogP contribution in [0.1, 0.15) is 26.7 Å². The van der Waals surface area contributed by atoms with E-state index in [1.807, 2.05) is 0 Å². The smallest absolute Gasteiger partial charge is 0.0589 e. The van der Waals surface area contributed by atoms with Crippen molar-refractivity contribution in [1.29, 1.82) is 0 Å². The predicted octanol–water partition coefficient (Wildman–Crippen LogP) is 2.98. The van der Waals surface area contributed by atoms with Gasteiger partial charge in [-0.2, -0.15) is 0 Å². The summed E-state index contributed by atoms with van der Waals surface area (Å²) in [7, 11) is 0. The van der Waals surface area contributed by atoms with Gasteiger partial charge in [0.25, 0.3) is 0 Å². The molecule has 1 rings (SSSR count). The van der Waals surface area contributed by atoms with Gasteiger partial charge in [0.05, 0.1) is 22.9 Å². The molecule has 66 valence electrons. The minimum absolute atomic E-state index is 0.549. The third-order valence-corrected chi connectivity index (χ3v) is 3.15. The lowest BCUT2D eigenvalue weighted by molar-refractivity contribution is 0.572. The highest BCUT2D eigenvalue weighted by Gasteiger charge is 2.24. The first-order chi connectivity index (χ1) is 5.70. The van der Waals surface area contributed by atoms with Crippen LogP contribution in [0.3, 0.4) is 0 Å². The summed E-state index contributed by atoms with van der Waals surface area (Å²) in [5.74, 6) is 3.36. The van der Waals surface area contributed by atoms with Gasteiger partial charge in [-0.3, -0.25) is 0 Å². The van der Waals surface area contributed by atoms with Gasteiger partial charge >= 0.3 is 0 Å². The van der Waals surface area contributed by atoms with Crippen LogP contribution in [0.4, 0.5) is 0 Å².